The van der Waals surface area contributed by atoms with E-state index in [1.807, 2.05) is 39.0 Å². The molecule has 2 aromatic carbocycles. The standard InChI is InChI=1S/C9H9N.C8H10N2.C2H6/c1-10-7-6-8-4-2-3-5-9(8)10;1-6-3-2-4-7(5-9)8(6)10;1-2/h2-7H,1H3;2-5,9H,10H2,1H3;1-2H3. The van der Waals surface area contributed by atoms with Crippen molar-refractivity contribution >= 4 is 22.8 Å². The van der Waals surface area contributed by atoms with Crippen molar-refractivity contribution in [2.24, 2.45) is 7.05 Å². The maximum atomic E-state index is 6.98. The second kappa shape index (κ2) is 8.67. The fourth-order valence-electron chi connectivity index (χ4n) is 2.05. The van der Waals surface area contributed by atoms with Crippen molar-refractivity contribution in [3.05, 3.63) is 65.9 Å². The van der Waals surface area contributed by atoms with Gasteiger partial charge in [0, 0.05) is 36.2 Å². The zero-order chi connectivity index (χ0) is 16.5. The van der Waals surface area contributed by atoms with E-state index in [-0.39, 0.29) is 0 Å². The number of hydrogen-bond donors (Lipinski definition) is 2. The van der Waals surface area contributed by atoms with Gasteiger partial charge in [0.15, 0.2) is 0 Å². The van der Waals surface area contributed by atoms with E-state index >= 15 is 0 Å². The zero-order valence-corrected chi connectivity index (χ0v) is 13.8. The van der Waals surface area contributed by atoms with Crippen LogP contribution >= 0.6 is 0 Å². The van der Waals surface area contributed by atoms with Crippen LogP contribution in [-0.2, 0) is 7.05 Å². The van der Waals surface area contributed by atoms with Crippen LogP contribution in [0.25, 0.3) is 10.9 Å². The number of benzene rings is 2. The molecule has 3 N–H and O–H groups in total. The molecule has 0 aliphatic heterocycles. The molecule has 0 fully saturated rings. The Morgan fingerprint density at radius 2 is 1.68 bits per heavy atom. The first-order valence-corrected chi connectivity index (χ1v) is 7.49. The lowest BCUT2D eigenvalue weighted by molar-refractivity contribution is 0.969. The Kier molecular flexibility index (Phi) is 6.90. The van der Waals surface area contributed by atoms with Crippen molar-refractivity contribution < 1.29 is 0 Å². The molecule has 1 aromatic heterocycles. The minimum atomic E-state index is 0.706. The Morgan fingerprint density at radius 3 is 2.27 bits per heavy atom. The lowest BCUT2D eigenvalue weighted by Gasteiger charge is -2.01. The van der Waals surface area contributed by atoms with E-state index < -0.39 is 0 Å². The summed E-state index contributed by atoms with van der Waals surface area (Å²) in [6, 6.07) is 16.1. The molecule has 0 aliphatic carbocycles. The van der Waals surface area contributed by atoms with Gasteiger partial charge >= 0.3 is 0 Å². The molecule has 0 spiro atoms. The Morgan fingerprint density at radius 1 is 1.00 bits per heavy atom. The third-order valence-electron chi connectivity index (χ3n) is 3.31. The monoisotopic (exact) mass is 295 g/mol. The summed E-state index contributed by atoms with van der Waals surface area (Å²) in [7, 11) is 2.06. The van der Waals surface area contributed by atoms with E-state index in [4.69, 9.17) is 11.1 Å². The highest BCUT2D eigenvalue weighted by atomic mass is 14.9. The van der Waals surface area contributed by atoms with Crippen molar-refractivity contribution in [2.75, 3.05) is 5.73 Å². The van der Waals surface area contributed by atoms with Crippen LogP contribution in [0.5, 0.6) is 0 Å². The summed E-state index contributed by atoms with van der Waals surface area (Å²) >= 11 is 0. The number of aromatic nitrogens is 1. The van der Waals surface area contributed by atoms with Crippen LogP contribution in [0, 0.1) is 12.3 Å². The number of anilines is 1. The highest BCUT2D eigenvalue weighted by molar-refractivity contribution is 5.85. The summed E-state index contributed by atoms with van der Waals surface area (Å²) in [5.74, 6) is 0. The fourth-order valence-corrected chi connectivity index (χ4v) is 2.05. The van der Waals surface area contributed by atoms with Gasteiger partial charge < -0.3 is 15.7 Å². The first-order valence-electron chi connectivity index (χ1n) is 7.49. The van der Waals surface area contributed by atoms with Crippen molar-refractivity contribution in [1.29, 1.82) is 5.41 Å². The summed E-state index contributed by atoms with van der Waals surface area (Å²) in [6.07, 6.45) is 3.34. The molecule has 0 unspecified atom stereocenters. The maximum Gasteiger partial charge on any atom is 0.0477 e. The van der Waals surface area contributed by atoms with Crippen molar-refractivity contribution in [1.82, 2.24) is 4.57 Å². The third kappa shape index (κ3) is 4.22. The van der Waals surface area contributed by atoms with Gasteiger partial charge in [-0.25, -0.2) is 0 Å². The summed E-state index contributed by atoms with van der Waals surface area (Å²) in [4.78, 5) is 0. The smallest absolute Gasteiger partial charge is 0.0477 e. The number of nitrogen functional groups attached to an aromatic ring is 1. The van der Waals surface area contributed by atoms with Crippen LogP contribution in [0.3, 0.4) is 0 Å². The summed E-state index contributed by atoms with van der Waals surface area (Å²) in [5.41, 5.74) is 9.46. The fraction of sp³-hybridized carbons (Fsp3) is 0.211. The number of aryl methyl sites for hydroxylation is 2. The molecule has 116 valence electrons. The number of hydrogen-bond acceptors (Lipinski definition) is 2. The van der Waals surface area contributed by atoms with Gasteiger partial charge in [-0.05, 0) is 30.0 Å². The van der Waals surface area contributed by atoms with Crippen LogP contribution < -0.4 is 5.73 Å². The average Bonchev–Trinajstić information content (AvgIpc) is 2.94. The Bertz CT molecular complexity index is 726. The van der Waals surface area contributed by atoms with E-state index in [1.54, 1.807) is 0 Å². The van der Waals surface area contributed by atoms with Crippen molar-refractivity contribution in [3.8, 4) is 0 Å². The van der Waals surface area contributed by atoms with E-state index in [1.165, 1.54) is 17.1 Å². The summed E-state index contributed by atoms with van der Waals surface area (Å²) < 4.78 is 2.12. The van der Waals surface area contributed by atoms with Crippen LogP contribution in [-0.4, -0.2) is 10.8 Å². The first-order chi connectivity index (χ1) is 10.6. The largest absolute Gasteiger partial charge is 0.398 e. The van der Waals surface area contributed by atoms with E-state index in [9.17, 15) is 0 Å². The number of nitrogens with zero attached hydrogens (tertiary/aromatic N) is 1. The SMILES string of the molecule is CC.Cc1cccc(C=N)c1N.Cn1ccc2ccccc21. The molecule has 3 rings (SSSR count). The van der Waals surface area contributed by atoms with E-state index in [0.717, 1.165) is 11.1 Å². The summed E-state index contributed by atoms with van der Waals surface area (Å²) in [5, 5.41) is 8.29. The predicted octanol–water partition coefficient (Wildman–Crippen LogP) is 4.78. The third-order valence-corrected chi connectivity index (χ3v) is 3.31. The number of para-hydroxylation sites is 2. The molecule has 0 saturated carbocycles. The van der Waals surface area contributed by atoms with Gasteiger partial charge in [-0.15, -0.1) is 0 Å². The van der Waals surface area contributed by atoms with E-state index in [2.05, 4.69) is 48.1 Å². The van der Waals surface area contributed by atoms with E-state index in [0.29, 0.717) is 5.69 Å². The molecule has 0 bridgehead atoms. The molecule has 22 heavy (non-hydrogen) atoms. The molecule has 3 nitrogen and oxygen atoms in total. The van der Waals surface area contributed by atoms with Crippen LogP contribution in [0.4, 0.5) is 5.69 Å². The van der Waals surface area contributed by atoms with Crippen LogP contribution in [0.15, 0.2) is 54.7 Å². The van der Waals surface area contributed by atoms with Crippen LogP contribution in [0.2, 0.25) is 0 Å². The molecule has 3 heteroatoms. The lowest BCUT2D eigenvalue weighted by Crippen LogP contribution is -1.94. The highest BCUT2D eigenvalue weighted by Crippen LogP contribution is 2.13. The number of rotatable bonds is 1. The van der Waals surface area contributed by atoms with Gasteiger partial charge in [-0.2, -0.15) is 0 Å². The van der Waals surface area contributed by atoms with Gasteiger partial charge in [0.2, 0.25) is 0 Å². The molecule has 1 heterocycles. The van der Waals surface area contributed by atoms with Gasteiger partial charge in [0.05, 0.1) is 0 Å². The zero-order valence-electron chi connectivity index (χ0n) is 13.8. The molecule has 0 amide bonds. The Balaban J connectivity index is 0.000000198. The number of nitrogens with two attached hydrogens (primary N) is 1. The summed E-state index contributed by atoms with van der Waals surface area (Å²) in [6.45, 7) is 5.93. The second-order valence-corrected chi connectivity index (χ2v) is 4.71. The Labute approximate surface area is 132 Å². The number of fused-ring (bicyclic) bond motifs is 1. The minimum Gasteiger partial charge on any atom is -0.398 e. The second-order valence-electron chi connectivity index (χ2n) is 4.71. The van der Waals surface area contributed by atoms with Crippen molar-refractivity contribution in [3.63, 3.8) is 0 Å². The minimum absolute atomic E-state index is 0.706. The van der Waals surface area contributed by atoms with Gasteiger partial charge in [0.25, 0.3) is 0 Å². The normalized spacial score (nSPS) is 9.27. The Hall–Kier alpha value is -2.55. The topological polar surface area (TPSA) is 54.8 Å². The van der Waals surface area contributed by atoms with Gasteiger partial charge in [-0.3, -0.25) is 0 Å². The molecule has 0 aliphatic rings. The number of nitrogens with one attached hydrogen (secondary N) is 1. The lowest BCUT2D eigenvalue weighted by atomic mass is 10.1. The molecule has 0 atom stereocenters. The molecular formula is C19H25N3. The van der Waals surface area contributed by atoms with Gasteiger partial charge in [0.1, 0.15) is 0 Å². The highest BCUT2D eigenvalue weighted by Gasteiger charge is 1.95. The molecule has 0 radical (unpaired) electrons. The molecule has 0 saturated heterocycles. The van der Waals surface area contributed by atoms with Gasteiger partial charge in [-0.1, -0.05) is 50.2 Å². The molecular weight excluding hydrogens is 270 g/mol. The average molecular weight is 295 g/mol. The quantitative estimate of drug-likeness (QED) is 0.492. The van der Waals surface area contributed by atoms with Crippen molar-refractivity contribution in [2.45, 2.75) is 20.8 Å². The predicted molar refractivity (Wildman–Crippen MR) is 97.7 cm³/mol. The van der Waals surface area contributed by atoms with Crippen LogP contribution in [0.1, 0.15) is 25.0 Å². The molecule has 3 aromatic rings. The first kappa shape index (κ1) is 17.5. The maximum absolute atomic E-state index is 6.98.